The molecule has 0 fully saturated rings. The Morgan fingerprint density at radius 2 is 2.26 bits per heavy atom. The van der Waals surface area contributed by atoms with Crippen LogP contribution in [0.1, 0.15) is 27.7 Å². The van der Waals surface area contributed by atoms with Gasteiger partial charge in [0.25, 0.3) is 5.91 Å². The van der Waals surface area contributed by atoms with E-state index in [0.717, 1.165) is 10.4 Å². The Morgan fingerprint density at radius 3 is 2.95 bits per heavy atom. The van der Waals surface area contributed by atoms with Crippen LogP contribution in [0.5, 0.6) is 0 Å². The lowest BCUT2D eigenvalue weighted by Crippen LogP contribution is -2.28. The smallest absolute Gasteiger partial charge is 0.251 e. The molecule has 6 nitrogen and oxygen atoms in total. The molecule has 2 rings (SSSR count). The molecule has 1 aliphatic rings. The Labute approximate surface area is 115 Å². The van der Waals surface area contributed by atoms with Crippen molar-refractivity contribution in [1.29, 1.82) is 0 Å². The summed E-state index contributed by atoms with van der Waals surface area (Å²) < 4.78 is 5.35. The van der Waals surface area contributed by atoms with Crippen molar-refractivity contribution in [3.63, 3.8) is 0 Å². The minimum absolute atomic E-state index is 0.177. The molecule has 0 saturated heterocycles. The average molecular weight is 283 g/mol. The van der Waals surface area contributed by atoms with Crippen molar-refractivity contribution in [3.8, 4) is 0 Å². The summed E-state index contributed by atoms with van der Waals surface area (Å²) >= 11 is 1.37. The maximum absolute atomic E-state index is 11.7. The molecule has 1 aliphatic heterocycles. The maximum atomic E-state index is 11.7. The number of carbonyl (C=O) groups is 2. The third kappa shape index (κ3) is 3.12. The number of amides is 2. The summed E-state index contributed by atoms with van der Waals surface area (Å²) in [6.45, 7) is 3.90. The number of hydrogen-bond acceptors (Lipinski definition) is 5. The molecule has 4 N–H and O–H groups in total. The molecule has 0 unspecified atom stereocenters. The molecule has 0 saturated carbocycles. The van der Waals surface area contributed by atoms with Gasteiger partial charge in [-0.25, -0.2) is 0 Å². The van der Waals surface area contributed by atoms with Crippen LogP contribution in [0.2, 0.25) is 0 Å². The number of nitrogens with two attached hydrogens (primary N) is 1. The quantitative estimate of drug-likeness (QED) is 0.732. The summed E-state index contributed by atoms with van der Waals surface area (Å²) in [5.41, 5.74) is 6.78. The van der Waals surface area contributed by atoms with E-state index in [-0.39, 0.29) is 12.5 Å². The van der Waals surface area contributed by atoms with Crippen LogP contribution in [0.25, 0.3) is 0 Å². The molecule has 7 heteroatoms. The number of carbonyl (C=O) groups excluding carboxylic acids is 2. The van der Waals surface area contributed by atoms with Gasteiger partial charge in [0.15, 0.2) is 0 Å². The number of thiophene rings is 1. The first-order valence-corrected chi connectivity index (χ1v) is 6.97. The lowest BCUT2D eigenvalue weighted by molar-refractivity contribution is -0.115. The fourth-order valence-corrected chi connectivity index (χ4v) is 3.20. The number of nitrogens with one attached hydrogen (secondary N) is 2. The van der Waals surface area contributed by atoms with Gasteiger partial charge in [0.1, 0.15) is 5.00 Å². The zero-order valence-electron chi connectivity index (χ0n) is 10.7. The van der Waals surface area contributed by atoms with E-state index in [1.54, 1.807) is 0 Å². The highest BCUT2D eigenvalue weighted by molar-refractivity contribution is 7.17. The Hall–Kier alpha value is -1.44. The Morgan fingerprint density at radius 1 is 1.47 bits per heavy atom. The van der Waals surface area contributed by atoms with Gasteiger partial charge in [-0.15, -0.1) is 11.3 Å². The Balaban J connectivity index is 2.22. The summed E-state index contributed by atoms with van der Waals surface area (Å²) in [4.78, 5) is 24.3. The van der Waals surface area contributed by atoms with Crippen molar-refractivity contribution in [1.82, 2.24) is 5.32 Å². The van der Waals surface area contributed by atoms with Gasteiger partial charge in [0.2, 0.25) is 5.91 Å². The van der Waals surface area contributed by atoms with E-state index in [4.69, 9.17) is 10.5 Å². The number of primary amides is 1. The minimum atomic E-state index is -0.502. The molecule has 2 heterocycles. The lowest BCUT2D eigenvalue weighted by Gasteiger charge is -2.12. The molecule has 0 aromatic carbocycles. The minimum Gasteiger partial charge on any atom is -0.376 e. The first-order chi connectivity index (χ1) is 9.13. The second-order valence-corrected chi connectivity index (χ2v) is 5.31. The molecule has 0 spiro atoms. The van der Waals surface area contributed by atoms with E-state index in [1.165, 1.54) is 11.3 Å². The van der Waals surface area contributed by atoms with Crippen molar-refractivity contribution in [2.24, 2.45) is 5.73 Å². The number of hydrogen-bond donors (Lipinski definition) is 3. The third-order valence-electron chi connectivity index (χ3n) is 2.86. The lowest BCUT2D eigenvalue weighted by atomic mass is 10.1. The fraction of sp³-hybridized carbons (Fsp3) is 0.500. The second-order valence-electron chi connectivity index (χ2n) is 4.20. The van der Waals surface area contributed by atoms with Gasteiger partial charge in [-0.1, -0.05) is 6.92 Å². The van der Waals surface area contributed by atoms with Crippen molar-refractivity contribution in [2.75, 3.05) is 25.0 Å². The summed E-state index contributed by atoms with van der Waals surface area (Å²) in [6, 6.07) is 0. The fourth-order valence-electron chi connectivity index (χ4n) is 1.99. The van der Waals surface area contributed by atoms with Gasteiger partial charge in [-0.2, -0.15) is 0 Å². The molecular formula is C12H17N3O3S. The zero-order chi connectivity index (χ0) is 13.8. The summed E-state index contributed by atoms with van der Waals surface area (Å²) in [5, 5.41) is 6.21. The van der Waals surface area contributed by atoms with Crippen LogP contribution < -0.4 is 16.4 Å². The van der Waals surface area contributed by atoms with Crippen LogP contribution in [0.3, 0.4) is 0 Å². The molecule has 0 atom stereocenters. The molecule has 0 bridgehead atoms. The number of likely N-dealkylation sites (N-methyl/N-ethyl adjacent to an activating group) is 1. The summed E-state index contributed by atoms with van der Waals surface area (Å²) in [7, 11) is 0. The normalized spacial score (nSPS) is 13.9. The van der Waals surface area contributed by atoms with Gasteiger partial charge in [-0.05, 0) is 18.5 Å². The highest BCUT2D eigenvalue weighted by atomic mass is 32.1. The van der Waals surface area contributed by atoms with Crippen molar-refractivity contribution in [3.05, 3.63) is 16.0 Å². The molecule has 2 amide bonds. The molecule has 1 aromatic rings. The van der Waals surface area contributed by atoms with Crippen molar-refractivity contribution in [2.45, 2.75) is 20.0 Å². The van der Waals surface area contributed by atoms with Crippen LogP contribution in [-0.2, 0) is 22.6 Å². The molecule has 0 radical (unpaired) electrons. The van der Waals surface area contributed by atoms with Crippen LogP contribution in [0.4, 0.5) is 5.00 Å². The molecule has 19 heavy (non-hydrogen) atoms. The van der Waals surface area contributed by atoms with E-state index >= 15 is 0 Å². The van der Waals surface area contributed by atoms with Gasteiger partial charge in [0.05, 0.1) is 25.3 Å². The number of fused-ring (bicyclic) bond motifs is 1. The molecule has 104 valence electrons. The van der Waals surface area contributed by atoms with E-state index in [1.807, 2.05) is 6.92 Å². The van der Waals surface area contributed by atoms with E-state index in [2.05, 4.69) is 10.6 Å². The van der Waals surface area contributed by atoms with Crippen LogP contribution >= 0.6 is 11.3 Å². The SMILES string of the molecule is CCNCC(=O)Nc1sc2c(c1C(N)=O)CCOC2. The highest BCUT2D eigenvalue weighted by Crippen LogP contribution is 2.36. The van der Waals surface area contributed by atoms with E-state index in [9.17, 15) is 9.59 Å². The molecular weight excluding hydrogens is 266 g/mol. The standard InChI is InChI=1S/C12H17N3O3S/c1-2-14-5-9(16)15-12-10(11(13)17)7-3-4-18-6-8(7)19-12/h14H,2-6H2,1H3,(H2,13,17)(H,15,16). The predicted octanol–water partition coefficient (Wildman–Crippen LogP) is 0.468. The first kappa shape index (κ1) is 14.0. The Bertz CT molecular complexity index is 499. The topological polar surface area (TPSA) is 93.5 Å². The van der Waals surface area contributed by atoms with Crippen molar-refractivity contribution < 1.29 is 14.3 Å². The molecule has 1 aromatic heterocycles. The average Bonchev–Trinajstić information content (AvgIpc) is 2.74. The predicted molar refractivity (Wildman–Crippen MR) is 73.4 cm³/mol. The van der Waals surface area contributed by atoms with Gasteiger partial charge >= 0.3 is 0 Å². The number of anilines is 1. The van der Waals surface area contributed by atoms with Crippen LogP contribution in [0.15, 0.2) is 0 Å². The number of ether oxygens (including phenoxy) is 1. The summed E-state index contributed by atoms with van der Waals surface area (Å²) in [5.74, 6) is -0.679. The van der Waals surface area contributed by atoms with Gasteiger partial charge in [-0.3, -0.25) is 9.59 Å². The van der Waals surface area contributed by atoms with Crippen LogP contribution in [-0.4, -0.2) is 31.5 Å². The number of rotatable bonds is 5. The third-order valence-corrected chi connectivity index (χ3v) is 3.98. The first-order valence-electron chi connectivity index (χ1n) is 6.16. The van der Waals surface area contributed by atoms with E-state index in [0.29, 0.717) is 36.7 Å². The second kappa shape index (κ2) is 6.14. The monoisotopic (exact) mass is 283 g/mol. The highest BCUT2D eigenvalue weighted by Gasteiger charge is 2.25. The largest absolute Gasteiger partial charge is 0.376 e. The molecule has 0 aliphatic carbocycles. The van der Waals surface area contributed by atoms with Gasteiger partial charge in [0, 0.05) is 4.88 Å². The van der Waals surface area contributed by atoms with Crippen molar-refractivity contribution >= 4 is 28.2 Å². The van der Waals surface area contributed by atoms with Crippen LogP contribution in [0, 0.1) is 0 Å². The Kier molecular flexibility index (Phi) is 4.52. The summed E-state index contributed by atoms with van der Waals surface area (Å²) in [6.07, 6.45) is 0.660. The van der Waals surface area contributed by atoms with E-state index < -0.39 is 5.91 Å². The zero-order valence-corrected chi connectivity index (χ0v) is 11.6. The maximum Gasteiger partial charge on any atom is 0.251 e. The van der Waals surface area contributed by atoms with Gasteiger partial charge < -0.3 is 21.1 Å².